The van der Waals surface area contributed by atoms with Gasteiger partial charge in [0, 0.05) is 31.0 Å². The number of carbonyl (C=O) groups excluding carboxylic acids is 1. The van der Waals surface area contributed by atoms with E-state index in [2.05, 4.69) is 39.1 Å². The molecule has 1 saturated heterocycles. The average Bonchev–Trinajstić information content (AvgIpc) is 3.06. The zero-order chi connectivity index (χ0) is 18.3. The maximum Gasteiger partial charge on any atom is 0.294 e. The zero-order valence-corrected chi connectivity index (χ0v) is 15.3. The molecule has 0 saturated carbocycles. The van der Waals surface area contributed by atoms with Crippen LogP contribution in [0.5, 0.6) is 0 Å². The minimum absolute atomic E-state index is 0.00939. The van der Waals surface area contributed by atoms with Crippen LogP contribution < -0.4 is 0 Å². The van der Waals surface area contributed by atoms with Gasteiger partial charge in [-0.05, 0) is 32.5 Å². The van der Waals surface area contributed by atoms with Gasteiger partial charge >= 0.3 is 0 Å². The third kappa shape index (κ3) is 2.94. The van der Waals surface area contributed by atoms with E-state index in [1.807, 2.05) is 43.0 Å². The van der Waals surface area contributed by atoms with E-state index in [0.29, 0.717) is 12.3 Å². The molecule has 1 aliphatic rings. The molecular formula is C19H22N6O. The molecule has 26 heavy (non-hydrogen) atoms. The van der Waals surface area contributed by atoms with E-state index in [-0.39, 0.29) is 17.8 Å². The molecule has 0 N–H and O–H groups in total. The fourth-order valence-electron chi connectivity index (χ4n) is 3.51. The number of hydrogen-bond acceptors (Lipinski definition) is 5. The summed E-state index contributed by atoms with van der Waals surface area (Å²) in [6, 6.07) is 12.1. The molecule has 1 atom stereocenters. The summed E-state index contributed by atoms with van der Waals surface area (Å²) >= 11 is 0. The van der Waals surface area contributed by atoms with Gasteiger partial charge in [-0.2, -0.15) is 4.98 Å². The van der Waals surface area contributed by atoms with Crippen LogP contribution in [0.15, 0.2) is 36.4 Å². The molecule has 1 aromatic carbocycles. The molecule has 0 bridgehead atoms. The highest BCUT2D eigenvalue weighted by atomic mass is 16.2. The molecule has 0 unspecified atom stereocenters. The molecule has 1 amide bonds. The minimum atomic E-state index is -0.144. The third-order valence-electron chi connectivity index (χ3n) is 4.84. The van der Waals surface area contributed by atoms with Crippen molar-refractivity contribution in [2.24, 2.45) is 0 Å². The minimum Gasteiger partial charge on any atom is -0.326 e. The Labute approximate surface area is 152 Å². The number of benzene rings is 1. The first-order valence-electron chi connectivity index (χ1n) is 8.78. The second-order valence-electron chi connectivity index (χ2n) is 6.87. The molecule has 4 rings (SSSR count). The molecule has 3 aromatic rings. The number of nitrogens with zero attached hydrogens (tertiary/aromatic N) is 6. The fraction of sp³-hybridized carbons (Fsp3) is 0.368. The van der Waals surface area contributed by atoms with Crippen molar-refractivity contribution in [3.63, 3.8) is 0 Å². The number of hydrogen-bond donors (Lipinski definition) is 0. The second kappa shape index (κ2) is 6.49. The number of rotatable bonds is 2. The largest absolute Gasteiger partial charge is 0.326 e. The topological polar surface area (TPSA) is 66.6 Å². The van der Waals surface area contributed by atoms with Crippen molar-refractivity contribution in [1.82, 2.24) is 29.4 Å². The molecule has 0 spiro atoms. The lowest BCUT2D eigenvalue weighted by atomic mass is 10.0. The Kier molecular flexibility index (Phi) is 4.16. The molecule has 7 heteroatoms. The van der Waals surface area contributed by atoms with E-state index in [0.717, 1.165) is 30.0 Å². The van der Waals surface area contributed by atoms with E-state index in [1.54, 1.807) is 4.52 Å². The number of carbonyl (C=O) groups is 1. The van der Waals surface area contributed by atoms with Gasteiger partial charge in [-0.3, -0.25) is 4.79 Å². The van der Waals surface area contributed by atoms with Crippen LogP contribution in [0, 0.1) is 13.8 Å². The lowest BCUT2D eigenvalue weighted by Gasteiger charge is -2.39. The summed E-state index contributed by atoms with van der Waals surface area (Å²) in [5, 5.41) is 4.41. The molecule has 1 aliphatic heterocycles. The van der Waals surface area contributed by atoms with Gasteiger partial charge in [0.25, 0.3) is 11.7 Å². The Bertz CT molecular complexity index is 951. The zero-order valence-electron chi connectivity index (χ0n) is 15.3. The highest BCUT2D eigenvalue weighted by Crippen LogP contribution is 2.26. The smallest absolute Gasteiger partial charge is 0.294 e. The molecule has 0 aliphatic carbocycles. The van der Waals surface area contributed by atoms with Crippen molar-refractivity contribution in [3.05, 3.63) is 59.2 Å². The number of likely N-dealkylation sites (N-methyl/N-ethyl adjacent to an activating group) is 1. The molecule has 3 heterocycles. The first kappa shape index (κ1) is 16.7. The van der Waals surface area contributed by atoms with Gasteiger partial charge in [0.2, 0.25) is 5.82 Å². The summed E-state index contributed by atoms with van der Waals surface area (Å²) in [5.41, 5.74) is 2.90. The maximum atomic E-state index is 13.2. The normalized spacial score (nSPS) is 18.4. The third-order valence-corrected chi connectivity index (χ3v) is 4.84. The molecule has 0 radical (unpaired) electrons. The standard InChI is InChI=1S/C19H22N6O/c1-13-11-14(2)25-19(20-13)21-17(22-25)18(26)24-10-9-23(3)12-16(24)15-7-5-4-6-8-15/h4-8,11,16H,9-10,12H2,1-3H3/t16-/m1/s1. The fourth-order valence-corrected chi connectivity index (χ4v) is 3.51. The van der Waals surface area contributed by atoms with E-state index >= 15 is 0 Å². The summed E-state index contributed by atoms with van der Waals surface area (Å²) < 4.78 is 1.63. The molecular weight excluding hydrogens is 328 g/mol. The van der Waals surface area contributed by atoms with Crippen LogP contribution >= 0.6 is 0 Å². The van der Waals surface area contributed by atoms with Gasteiger partial charge in [-0.1, -0.05) is 30.3 Å². The van der Waals surface area contributed by atoms with Crippen molar-refractivity contribution in [2.75, 3.05) is 26.7 Å². The van der Waals surface area contributed by atoms with Crippen LogP contribution in [-0.2, 0) is 0 Å². The summed E-state index contributed by atoms with van der Waals surface area (Å²) in [6.45, 7) is 6.12. The summed E-state index contributed by atoms with van der Waals surface area (Å²) in [6.07, 6.45) is 0. The van der Waals surface area contributed by atoms with Crippen molar-refractivity contribution in [3.8, 4) is 0 Å². The highest BCUT2D eigenvalue weighted by Gasteiger charge is 2.32. The number of aryl methyl sites for hydroxylation is 2. The quantitative estimate of drug-likeness (QED) is 0.706. The van der Waals surface area contributed by atoms with Gasteiger partial charge < -0.3 is 9.80 Å². The van der Waals surface area contributed by atoms with E-state index in [9.17, 15) is 4.79 Å². The van der Waals surface area contributed by atoms with Gasteiger partial charge in [0.05, 0.1) is 6.04 Å². The Morgan fingerprint density at radius 1 is 1.12 bits per heavy atom. The van der Waals surface area contributed by atoms with Gasteiger partial charge in [0.1, 0.15) is 0 Å². The summed E-state index contributed by atoms with van der Waals surface area (Å²) in [7, 11) is 2.08. The van der Waals surface area contributed by atoms with Crippen LogP contribution in [0.1, 0.15) is 33.6 Å². The maximum absolute atomic E-state index is 13.2. The van der Waals surface area contributed by atoms with Crippen molar-refractivity contribution in [2.45, 2.75) is 19.9 Å². The van der Waals surface area contributed by atoms with Crippen molar-refractivity contribution in [1.29, 1.82) is 0 Å². The number of piperazine rings is 1. The van der Waals surface area contributed by atoms with E-state index < -0.39 is 0 Å². The summed E-state index contributed by atoms with van der Waals surface area (Å²) in [5.74, 6) is 0.530. The molecule has 1 fully saturated rings. The predicted molar refractivity (Wildman–Crippen MR) is 98.0 cm³/mol. The number of fused-ring (bicyclic) bond motifs is 1. The van der Waals surface area contributed by atoms with Crippen molar-refractivity contribution >= 4 is 11.7 Å². The van der Waals surface area contributed by atoms with Crippen LogP contribution in [0.3, 0.4) is 0 Å². The first-order valence-corrected chi connectivity index (χ1v) is 8.78. The van der Waals surface area contributed by atoms with Gasteiger partial charge in [0.15, 0.2) is 0 Å². The number of amides is 1. The monoisotopic (exact) mass is 350 g/mol. The summed E-state index contributed by atoms with van der Waals surface area (Å²) in [4.78, 5) is 26.1. The van der Waals surface area contributed by atoms with Crippen LogP contribution in [0.2, 0.25) is 0 Å². The Morgan fingerprint density at radius 2 is 1.88 bits per heavy atom. The van der Waals surface area contributed by atoms with Crippen LogP contribution in [0.4, 0.5) is 0 Å². The van der Waals surface area contributed by atoms with E-state index in [1.165, 1.54) is 0 Å². The second-order valence-corrected chi connectivity index (χ2v) is 6.87. The number of aromatic nitrogens is 4. The lowest BCUT2D eigenvalue weighted by Crippen LogP contribution is -2.49. The van der Waals surface area contributed by atoms with Gasteiger partial charge in [-0.15, -0.1) is 5.10 Å². The van der Waals surface area contributed by atoms with Crippen molar-refractivity contribution < 1.29 is 4.79 Å². The highest BCUT2D eigenvalue weighted by molar-refractivity contribution is 5.91. The van der Waals surface area contributed by atoms with Crippen LogP contribution in [-0.4, -0.2) is 62.0 Å². The SMILES string of the molecule is Cc1cc(C)n2nc(C(=O)N3CCN(C)C[C@@H]3c3ccccc3)nc2n1. The Hall–Kier alpha value is -2.80. The lowest BCUT2D eigenvalue weighted by molar-refractivity contribution is 0.0486. The molecule has 2 aromatic heterocycles. The molecule has 134 valence electrons. The van der Waals surface area contributed by atoms with Crippen LogP contribution in [0.25, 0.3) is 5.78 Å². The predicted octanol–water partition coefficient (Wildman–Crippen LogP) is 1.87. The first-order chi connectivity index (χ1) is 12.5. The van der Waals surface area contributed by atoms with E-state index in [4.69, 9.17) is 0 Å². The Morgan fingerprint density at radius 3 is 2.65 bits per heavy atom. The Balaban J connectivity index is 1.70. The average molecular weight is 350 g/mol. The molecule has 7 nitrogen and oxygen atoms in total. The van der Waals surface area contributed by atoms with Gasteiger partial charge in [-0.25, -0.2) is 9.50 Å².